The Morgan fingerprint density at radius 2 is 2.08 bits per heavy atom. The van der Waals surface area contributed by atoms with E-state index in [1.54, 1.807) is 6.07 Å². The van der Waals surface area contributed by atoms with Crippen LogP contribution in [0.1, 0.15) is 23.5 Å². The smallest absolute Gasteiger partial charge is 0.228 e. The lowest BCUT2D eigenvalue weighted by molar-refractivity contribution is -0.126. The Morgan fingerprint density at radius 3 is 2.92 bits per heavy atom. The van der Waals surface area contributed by atoms with Crippen molar-refractivity contribution in [3.63, 3.8) is 0 Å². The Labute approximate surface area is 144 Å². The van der Waals surface area contributed by atoms with E-state index in [4.69, 9.17) is 4.74 Å². The van der Waals surface area contributed by atoms with Gasteiger partial charge in [0.2, 0.25) is 11.8 Å². The molecule has 2 aromatic carbocycles. The van der Waals surface area contributed by atoms with Gasteiger partial charge >= 0.3 is 0 Å². The quantitative estimate of drug-likeness (QED) is 0.901. The molecule has 0 aliphatic carbocycles. The molecule has 2 aliphatic rings. The van der Waals surface area contributed by atoms with E-state index in [-0.39, 0.29) is 24.3 Å². The average Bonchev–Trinajstić information content (AvgIpc) is 3.01. The number of halogens is 1. The van der Waals surface area contributed by atoms with E-state index in [9.17, 15) is 14.0 Å². The normalized spacial score (nSPS) is 20.9. The highest BCUT2D eigenvalue weighted by atomic mass is 19.1. The number of ether oxygens (including phenoxy) is 1. The summed E-state index contributed by atoms with van der Waals surface area (Å²) >= 11 is 0. The fraction of sp³-hybridized carbons (Fsp3) is 0.263. The highest BCUT2D eigenvalue weighted by molar-refractivity contribution is 6.01. The predicted octanol–water partition coefficient (Wildman–Crippen LogP) is 2.37. The van der Waals surface area contributed by atoms with E-state index in [0.29, 0.717) is 17.8 Å². The highest BCUT2D eigenvalue weighted by Gasteiger charge is 2.32. The van der Waals surface area contributed by atoms with E-state index in [1.807, 2.05) is 24.3 Å². The Hall–Kier alpha value is -2.89. The van der Waals surface area contributed by atoms with Crippen molar-refractivity contribution < 1.29 is 18.7 Å². The average molecular weight is 340 g/mol. The maximum absolute atomic E-state index is 13.4. The van der Waals surface area contributed by atoms with E-state index in [0.717, 1.165) is 17.7 Å². The molecule has 0 bridgehead atoms. The summed E-state index contributed by atoms with van der Waals surface area (Å²) < 4.78 is 19.2. The van der Waals surface area contributed by atoms with Crippen LogP contribution in [0.3, 0.4) is 0 Å². The summed E-state index contributed by atoms with van der Waals surface area (Å²) in [6, 6.07) is 11.9. The number of hydrogen-bond donors (Lipinski definition) is 2. The summed E-state index contributed by atoms with van der Waals surface area (Å²) in [6.45, 7) is 0.363. The molecule has 2 aliphatic heterocycles. The first kappa shape index (κ1) is 15.6. The fourth-order valence-electron chi connectivity index (χ4n) is 3.38. The van der Waals surface area contributed by atoms with Crippen LogP contribution in [-0.2, 0) is 16.0 Å². The van der Waals surface area contributed by atoms with Crippen molar-refractivity contribution in [3.05, 3.63) is 59.4 Å². The molecule has 2 atom stereocenters. The molecular formula is C19H17FN2O3. The molecule has 0 aromatic heterocycles. The number of hydrogen-bond acceptors (Lipinski definition) is 3. The SMILES string of the molecule is O=C1C[C@@H](C(=O)NC[C@@H]2Cc3ccccc3O2)c2ccc(F)cc2N1. The number of anilines is 1. The summed E-state index contributed by atoms with van der Waals surface area (Å²) in [7, 11) is 0. The standard InChI is InChI=1S/C19H17FN2O3/c20-12-5-6-14-15(9-18(23)22-16(14)8-12)19(24)21-10-13-7-11-3-1-2-4-17(11)25-13/h1-6,8,13,15H,7,9-10H2,(H,21,24)(H,22,23)/t13-,15+/m0/s1. The van der Waals surface area contributed by atoms with E-state index in [2.05, 4.69) is 10.6 Å². The third-order valence-corrected chi connectivity index (χ3v) is 4.59. The van der Waals surface area contributed by atoms with Gasteiger partial charge in [-0.25, -0.2) is 4.39 Å². The van der Waals surface area contributed by atoms with E-state index < -0.39 is 11.7 Å². The molecule has 2 aromatic rings. The molecule has 2 heterocycles. The second kappa shape index (κ2) is 6.20. The van der Waals surface area contributed by atoms with Crippen LogP contribution in [0.25, 0.3) is 0 Å². The molecule has 6 heteroatoms. The molecule has 0 fully saturated rings. The van der Waals surface area contributed by atoms with Crippen LogP contribution in [0, 0.1) is 5.82 Å². The summed E-state index contributed by atoms with van der Waals surface area (Å²) in [5.41, 5.74) is 2.12. The molecule has 0 saturated carbocycles. The van der Waals surface area contributed by atoms with E-state index in [1.165, 1.54) is 12.1 Å². The molecule has 0 spiro atoms. The minimum absolute atomic E-state index is 0.0518. The Kier molecular flexibility index (Phi) is 3.87. The monoisotopic (exact) mass is 340 g/mol. The molecular weight excluding hydrogens is 323 g/mol. The highest BCUT2D eigenvalue weighted by Crippen LogP contribution is 2.33. The van der Waals surface area contributed by atoms with Crippen LogP contribution in [0.15, 0.2) is 42.5 Å². The first-order chi connectivity index (χ1) is 12.1. The lowest BCUT2D eigenvalue weighted by atomic mass is 9.89. The molecule has 0 radical (unpaired) electrons. The molecule has 4 rings (SSSR count). The largest absolute Gasteiger partial charge is 0.488 e. The molecule has 25 heavy (non-hydrogen) atoms. The first-order valence-corrected chi connectivity index (χ1v) is 8.22. The van der Waals surface area contributed by atoms with Gasteiger partial charge in [-0.2, -0.15) is 0 Å². The molecule has 2 amide bonds. The maximum Gasteiger partial charge on any atom is 0.228 e. The van der Waals surface area contributed by atoms with Crippen molar-refractivity contribution in [3.8, 4) is 5.75 Å². The lowest BCUT2D eigenvalue weighted by Gasteiger charge is -2.25. The topological polar surface area (TPSA) is 67.4 Å². The summed E-state index contributed by atoms with van der Waals surface area (Å²) in [5, 5.41) is 5.48. The van der Waals surface area contributed by atoms with Crippen LogP contribution < -0.4 is 15.4 Å². The molecule has 0 unspecified atom stereocenters. The molecule has 5 nitrogen and oxygen atoms in total. The summed E-state index contributed by atoms with van der Waals surface area (Å²) in [6.07, 6.45) is 0.672. The number of carbonyl (C=O) groups excluding carboxylic acids is 2. The van der Waals surface area contributed by atoms with Gasteiger partial charge in [0.25, 0.3) is 0 Å². The Morgan fingerprint density at radius 1 is 1.24 bits per heavy atom. The van der Waals surface area contributed by atoms with Gasteiger partial charge in [-0.3, -0.25) is 9.59 Å². The zero-order valence-electron chi connectivity index (χ0n) is 13.4. The Balaban J connectivity index is 1.43. The zero-order valence-corrected chi connectivity index (χ0v) is 13.4. The minimum Gasteiger partial charge on any atom is -0.488 e. The summed E-state index contributed by atoms with van der Waals surface area (Å²) in [5.74, 6) is -0.755. The number of para-hydroxylation sites is 1. The van der Waals surface area contributed by atoms with Crippen LogP contribution in [-0.4, -0.2) is 24.5 Å². The van der Waals surface area contributed by atoms with Crippen molar-refractivity contribution >= 4 is 17.5 Å². The predicted molar refractivity (Wildman–Crippen MR) is 90.0 cm³/mol. The first-order valence-electron chi connectivity index (χ1n) is 8.22. The minimum atomic E-state index is -0.617. The zero-order chi connectivity index (χ0) is 17.4. The van der Waals surface area contributed by atoms with Crippen molar-refractivity contribution in [2.75, 3.05) is 11.9 Å². The molecule has 0 saturated heterocycles. The second-order valence-electron chi connectivity index (χ2n) is 6.33. The number of nitrogens with one attached hydrogen (secondary N) is 2. The van der Waals surface area contributed by atoms with Gasteiger partial charge in [0, 0.05) is 18.5 Å². The molecule has 128 valence electrons. The number of fused-ring (bicyclic) bond motifs is 2. The summed E-state index contributed by atoms with van der Waals surface area (Å²) in [4.78, 5) is 24.4. The van der Waals surface area contributed by atoms with Gasteiger partial charge in [-0.1, -0.05) is 24.3 Å². The molecule has 2 N–H and O–H groups in total. The third-order valence-electron chi connectivity index (χ3n) is 4.59. The van der Waals surface area contributed by atoms with Gasteiger partial charge < -0.3 is 15.4 Å². The van der Waals surface area contributed by atoms with Crippen molar-refractivity contribution in [1.82, 2.24) is 5.32 Å². The van der Waals surface area contributed by atoms with Gasteiger partial charge in [-0.15, -0.1) is 0 Å². The van der Waals surface area contributed by atoms with E-state index >= 15 is 0 Å². The number of benzene rings is 2. The van der Waals surface area contributed by atoms with Gasteiger partial charge in [0.05, 0.1) is 12.5 Å². The van der Waals surface area contributed by atoms with Crippen molar-refractivity contribution in [1.29, 1.82) is 0 Å². The number of carbonyl (C=O) groups is 2. The maximum atomic E-state index is 13.4. The van der Waals surface area contributed by atoms with Crippen LogP contribution in [0.5, 0.6) is 5.75 Å². The van der Waals surface area contributed by atoms with Gasteiger partial charge in [0.15, 0.2) is 0 Å². The van der Waals surface area contributed by atoms with Crippen LogP contribution >= 0.6 is 0 Å². The Bertz CT molecular complexity index is 827. The second-order valence-corrected chi connectivity index (χ2v) is 6.33. The number of rotatable bonds is 3. The van der Waals surface area contributed by atoms with Gasteiger partial charge in [-0.05, 0) is 29.3 Å². The third kappa shape index (κ3) is 3.07. The van der Waals surface area contributed by atoms with Gasteiger partial charge in [0.1, 0.15) is 17.7 Å². The van der Waals surface area contributed by atoms with Crippen molar-refractivity contribution in [2.24, 2.45) is 0 Å². The number of amides is 2. The van der Waals surface area contributed by atoms with Crippen LogP contribution in [0.4, 0.5) is 10.1 Å². The fourth-order valence-corrected chi connectivity index (χ4v) is 3.38. The van der Waals surface area contributed by atoms with Crippen molar-refractivity contribution in [2.45, 2.75) is 24.9 Å². The lowest BCUT2D eigenvalue weighted by Crippen LogP contribution is -2.39. The van der Waals surface area contributed by atoms with Crippen LogP contribution in [0.2, 0.25) is 0 Å².